The van der Waals surface area contributed by atoms with E-state index < -0.39 is 0 Å². The van der Waals surface area contributed by atoms with Gasteiger partial charge in [-0.2, -0.15) is 0 Å². The third-order valence-corrected chi connectivity index (χ3v) is 5.92. The summed E-state index contributed by atoms with van der Waals surface area (Å²) < 4.78 is 5.50. The van der Waals surface area contributed by atoms with Gasteiger partial charge in [-0.25, -0.2) is 4.79 Å². The van der Waals surface area contributed by atoms with E-state index in [-0.39, 0.29) is 11.9 Å². The van der Waals surface area contributed by atoms with Crippen molar-refractivity contribution in [2.24, 2.45) is 0 Å². The average molecular weight is 422 g/mol. The quantitative estimate of drug-likeness (QED) is 0.696. The summed E-state index contributed by atoms with van der Waals surface area (Å²) in [4.78, 5) is 29.5. The molecular formula is C20H24ClN3O3S. The normalized spacial score (nSPS) is 15.4. The zero-order chi connectivity index (χ0) is 19.9. The maximum atomic E-state index is 12.2. The molecule has 0 spiro atoms. The number of carbonyl (C=O) groups excluding carboxylic acids is 2. The van der Waals surface area contributed by atoms with Gasteiger partial charge in [0.2, 0.25) is 5.91 Å². The minimum atomic E-state index is -0.364. The van der Waals surface area contributed by atoms with E-state index in [1.54, 1.807) is 23.5 Å². The van der Waals surface area contributed by atoms with Crippen molar-refractivity contribution in [3.05, 3.63) is 56.7 Å². The van der Waals surface area contributed by atoms with Crippen LogP contribution in [0.25, 0.3) is 0 Å². The van der Waals surface area contributed by atoms with Crippen molar-refractivity contribution >= 4 is 34.8 Å². The highest BCUT2D eigenvalue weighted by atomic mass is 35.5. The zero-order valence-corrected chi connectivity index (χ0v) is 17.4. The topological polar surface area (TPSA) is 61.9 Å². The van der Waals surface area contributed by atoms with Gasteiger partial charge in [0.05, 0.1) is 23.6 Å². The standard InChI is InChI=1S/C20H24ClN3O3S/c1-27-20(26)16-4-2-15(3-5-16)12-22-19(25)14-24-10-8-23(9-11-24)13-17-6-7-18(21)28-17/h2-7H,8-14H2,1H3,(H,22,25). The number of nitrogens with zero attached hydrogens (tertiary/aromatic N) is 2. The molecular weight excluding hydrogens is 398 g/mol. The number of hydrogen-bond donors (Lipinski definition) is 1. The lowest BCUT2D eigenvalue weighted by atomic mass is 10.1. The molecule has 6 nitrogen and oxygen atoms in total. The fourth-order valence-corrected chi connectivity index (χ4v) is 4.23. The molecule has 1 fully saturated rings. The zero-order valence-electron chi connectivity index (χ0n) is 15.8. The summed E-state index contributed by atoms with van der Waals surface area (Å²) in [6.45, 7) is 5.40. The highest BCUT2D eigenvalue weighted by Gasteiger charge is 2.19. The summed E-state index contributed by atoms with van der Waals surface area (Å²) in [7, 11) is 1.36. The van der Waals surface area contributed by atoms with E-state index in [2.05, 4.69) is 25.9 Å². The van der Waals surface area contributed by atoms with Crippen LogP contribution in [0.4, 0.5) is 0 Å². The molecule has 28 heavy (non-hydrogen) atoms. The Kier molecular flexibility index (Phi) is 7.44. The molecule has 2 aromatic rings. The molecule has 1 aromatic carbocycles. The van der Waals surface area contributed by atoms with Gasteiger partial charge in [0.25, 0.3) is 0 Å². The van der Waals surface area contributed by atoms with Crippen molar-refractivity contribution in [3.63, 3.8) is 0 Å². The highest BCUT2D eigenvalue weighted by molar-refractivity contribution is 7.16. The Morgan fingerprint density at radius 2 is 1.75 bits per heavy atom. The first-order valence-corrected chi connectivity index (χ1v) is 10.4. The van der Waals surface area contributed by atoms with Crippen molar-refractivity contribution in [2.45, 2.75) is 13.1 Å². The molecule has 1 aliphatic rings. The first kappa shape index (κ1) is 20.8. The number of amides is 1. The number of methoxy groups -OCH3 is 1. The predicted molar refractivity (Wildman–Crippen MR) is 111 cm³/mol. The smallest absolute Gasteiger partial charge is 0.337 e. The molecule has 3 rings (SSSR count). The van der Waals surface area contributed by atoms with E-state index in [4.69, 9.17) is 11.6 Å². The van der Waals surface area contributed by atoms with E-state index >= 15 is 0 Å². The van der Waals surface area contributed by atoms with Crippen molar-refractivity contribution in [1.29, 1.82) is 0 Å². The van der Waals surface area contributed by atoms with Crippen LogP contribution in [-0.4, -0.2) is 61.5 Å². The number of halogens is 1. The maximum Gasteiger partial charge on any atom is 0.337 e. The van der Waals surface area contributed by atoms with Gasteiger partial charge in [-0.1, -0.05) is 23.7 Å². The fourth-order valence-electron chi connectivity index (χ4n) is 3.10. The Hall–Kier alpha value is -1.93. The predicted octanol–water partition coefficient (Wildman–Crippen LogP) is 2.62. The SMILES string of the molecule is COC(=O)c1ccc(CNC(=O)CN2CCN(Cc3ccc(Cl)s3)CC2)cc1. The van der Waals surface area contributed by atoms with Crippen LogP contribution < -0.4 is 5.32 Å². The number of ether oxygens (including phenoxy) is 1. The second kappa shape index (κ2) is 10.0. The number of benzene rings is 1. The molecule has 0 radical (unpaired) electrons. The van der Waals surface area contributed by atoms with E-state index in [1.165, 1.54) is 12.0 Å². The Bertz CT molecular complexity index is 801. The van der Waals surface area contributed by atoms with Crippen molar-refractivity contribution in [1.82, 2.24) is 15.1 Å². The van der Waals surface area contributed by atoms with Gasteiger partial charge in [0, 0.05) is 44.1 Å². The maximum absolute atomic E-state index is 12.2. The molecule has 0 bridgehead atoms. The molecule has 0 unspecified atom stereocenters. The van der Waals surface area contributed by atoms with Crippen LogP contribution in [0.5, 0.6) is 0 Å². The van der Waals surface area contributed by atoms with Crippen LogP contribution in [0.3, 0.4) is 0 Å². The van der Waals surface area contributed by atoms with Gasteiger partial charge >= 0.3 is 5.97 Å². The van der Waals surface area contributed by atoms with Gasteiger partial charge in [0.15, 0.2) is 0 Å². The van der Waals surface area contributed by atoms with Gasteiger partial charge in [0.1, 0.15) is 0 Å². The molecule has 0 atom stereocenters. The van der Waals surface area contributed by atoms with E-state index in [0.717, 1.165) is 42.6 Å². The van der Waals surface area contributed by atoms with E-state index in [0.29, 0.717) is 18.7 Å². The number of hydrogen-bond acceptors (Lipinski definition) is 6. The molecule has 2 heterocycles. The molecule has 0 saturated carbocycles. The summed E-state index contributed by atoms with van der Waals surface area (Å²) in [6, 6.07) is 11.1. The second-order valence-corrected chi connectivity index (χ2v) is 8.52. The van der Waals surface area contributed by atoms with E-state index in [1.807, 2.05) is 18.2 Å². The van der Waals surface area contributed by atoms with Gasteiger partial charge < -0.3 is 10.1 Å². The Morgan fingerprint density at radius 3 is 2.36 bits per heavy atom. The molecule has 150 valence electrons. The lowest BCUT2D eigenvalue weighted by molar-refractivity contribution is -0.122. The van der Waals surface area contributed by atoms with Gasteiger partial charge in [-0.15, -0.1) is 11.3 Å². The fraction of sp³-hybridized carbons (Fsp3) is 0.400. The monoisotopic (exact) mass is 421 g/mol. The highest BCUT2D eigenvalue weighted by Crippen LogP contribution is 2.23. The lowest BCUT2D eigenvalue weighted by Gasteiger charge is -2.34. The summed E-state index contributed by atoms with van der Waals surface area (Å²) in [5, 5.41) is 2.94. The number of rotatable bonds is 7. The molecule has 8 heteroatoms. The summed E-state index contributed by atoms with van der Waals surface area (Å²) >= 11 is 7.61. The average Bonchev–Trinajstić information content (AvgIpc) is 3.12. The Morgan fingerprint density at radius 1 is 1.07 bits per heavy atom. The van der Waals surface area contributed by atoms with Crippen LogP contribution in [0.1, 0.15) is 20.8 Å². The molecule has 1 saturated heterocycles. The number of esters is 1. The van der Waals surface area contributed by atoms with E-state index in [9.17, 15) is 9.59 Å². The minimum Gasteiger partial charge on any atom is -0.465 e. The second-order valence-electron chi connectivity index (χ2n) is 6.72. The first-order chi connectivity index (χ1) is 13.5. The number of nitrogens with one attached hydrogen (secondary N) is 1. The largest absolute Gasteiger partial charge is 0.465 e. The number of thiophene rings is 1. The summed E-state index contributed by atoms with van der Waals surface area (Å²) in [5.41, 5.74) is 1.45. The van der Waals surface area contributed by atoms with Crippen LogP contribution in [0.15, 0.2) is 36.4 Å². The Labute approximate surface area is 174 Å². The first-order valence-electron chi connectivity index (χ1n) is 9.16. The van der Waals surface area contributed by atoms with Crippen LogP contribution in [0, 0.1) is 0 Å². The number of piperazine rings is 1. The van der Waals surface area contributed by atoms with Gasteiger partial charge in [-0.3, -0.25) is 14.6 Å². The van der Waals surface area contributed by atoms with Crippen molar-refractivity contribution < 1.29 is 14.3 Å². The van der Waals surface area contributed by atoms with Crippen LogP contribution in [0.2, 0.25) is 4.34 Å². The lowest BCUT2D eigenvalue weighted by Crippen LogP contribution is -2.48. The third kappa shape index (κ3) is 6.04. The number of carbonyl (C=O) groups is 2. The Balaban J connectivity index is 1.37. The molecule has 0 aliphatic carbocycles. The van der Waals surface area contributed by atoms with Gasteiger partial charge in [-0.05, 0) is 29.8 Å². The summed E-state index contributed by atoms with van der Waals surface area (Å²) in [5.74, 6) is -0.354. The third-order valence-electron chi connectivity index (χ3n) is 4.71. The van der Waals surface area contributed by atoms with Crippen molar-refractivity contribution in [2.75, 3.05) is 39.8 Å². The van der Waals surface area contributed by atoms with Crippen LogP contribution in [-0.2, 0) is 22.6 Å². The molecule has 1 aliphatic heterocycles. The molecule has 1 N–H and O–H groups in total. The molecule has 1 aromatic heterocycles. The summed E-state index contributed by atoms with van der Waals surface area (Å²) in [6.07, 6.45) is 0. The molecule has 1 amide bonds. The van der Waals surface area contributed by atoms with Crippen molar-refractivity contribution in [3.8, 4) is 0 Å². The minimum absolute atomic E-state index is 0.00975. The van der Waals surface area contributed by atoms with Crippen LogP contribution >= 0.6 is 22.9 Å².